The Kier molecular flexibility index (Phi) is 5.52. The lowest BCUT2D eigenvalue weighted by Gasteiger charge is -2.11. The molecule has 0 spiro atoms. The third-order valence-corrected chi connectivity index (χ3v) is 4.70. The van der Waals surface area contributed by atoms with Gasteiger partial charge < -0.3 is 15.6 Å². The summed E-state index contributed by atoms with van der Waals surface area (Å²) in [6, 6.07) is 20.6. The van der Waals surface area contributed by atoms with E-state index in [1.807, 2.05) is 24.3 Å². The van der Waals surface area contributed by atoms with Gasteiger partial charge in [-0.1, -0.05) is 55.5 Å². The monoisotopic (exact) mass is 371 g/mol. The number of aromatic nitrogens is 3. The number of fused-ring (bicyclic) bond motifs is 1. The van der Waals surface area contributed by atoms with Crippen molar-refractivity contribution in [1.82, 2.24) is 15.0 Å². The van der Waals surface area contributed by atoms with Gasteiger partial charge in [-0.15, -0.1) is 0 Å². The Balaban J connectivity index is 1.51. The largest absolute Gasteiger partial charge is 0.370 e. The van der Waals surface area contributed by atoms with E-state index in [-0.39, 0.29) is 0 Å². The molecule has 142 valence electrons. The first-order valence-corrected chi connectivity index (χ1v) is 9.80. The van der Waals surface area contributed by atoms with E-state index in [1.54, 1.807) is 0 Å². The number of hydrogen-bond donors (Lipinski definition) is 3. The van der Waals surface area contributed by atoms with Gasteiger partial charge in [0.1, 0.15) is 5.82 Å². The molecule has 0 radical (unpaired) electrons. The topological polar surface area (TPSA) is 65.6 Å². The molecule has 0 saturated carbocycles. The molecule has 0 bridgehead atoms. The molecular weight excluding hydrogens is 346 g/mol. The molecule has 2 heterocycles. The average Bonchev–Trinajstić information content (AvgIpc) is 3.16. The SMILES string of the molecule is CCCNc1cc(-c2ccccc2)nc(NCCc2c[nH]c3ccccc23)n1. The molecule has 4 aromatic rings. The summed E-state index contributed by atoms with van der Waals surface area (Å²) in [5.74, 6) is 1.50. The number of aromatic amines is 1. The zero-order valence-electron chi connectivity index (χ0n) is 16.1. The number of benzene rings is 2. The minimum Gasteiger partial charge on any atom is -0.370 e. The van der Waals surface area contributed by atoms with Crippen molar-refractivity contribution in [2.45, 2.75) is 19.8 Å². The highest BCUT2D eigenvalue weighted by molar-refractivity contribution is 5.83. The van der Waals surface area contributed by atoms with Crippen molar-refractivity contribution in [1.29, 1.82) is 0 Å². The number of nitrogens with one attached hydrogen (secondary N) is 3. The van der Waals surface area contributed by atoms with E-state index in [9.17, 15) is 0 Å². The first kappa shape index (κ1) is 18.0. The molecule has 4 rings (SSSR count). The van der Waals surface area contributed by atoms with Crippen LogP contribution in [0.3, 0.4) is 0 Å². The summed E-state index contributed by atoms with van der Waals surface area (Å²) in [7, 11) is 0. The summed E-state index contributed by atoms with van der Waals surface area (Å²) in [5, 5.41) is 8.05. The number of anilines is 2. The van der Waals surface area contributed by atoms with Crippen LogP contribution in [0.4, 0.5) is 11.8 Å². The highest BCUT2D eigenvalue weighted by Gasteiger charge is 2.07. The minimum atomic E-state index is 0.653. The lowest BCUT2D eigenvalue weighted by Crippen LogP contribution is -2.10. The first-order chi connectivity index (χ1) is 13.8. The predicted octanol–water partition coefficient (Wildman–Crippen LogP) is 5.10. The fourth-order valence-corrected chi connectivity index (χ4v) is 3.27. The van der Waals surface area contributed by atoms with Crippen molar-refractivity contribution in [2.75, 3.05) is 23.7 Å². The fourth-order valence-electron chi connectivity index (χ4n) is 3.27. The van der Waals surface area contributed by atoms with E-state index >= 15 is 0 Å². The summed E-state index contributed by atoms with van der Waals surface area (Å²) in [4.78, 5) is 12.7. The molecule has 2 aromatic carbocycles. The second-order valence-corrected chi connectivity index (χ2v) is 6.79. The van der Waals surface area contributed by atoms with E-state index in [1.165, 1.54) is 16.5 Å². The van der Waals surface area contributed by atoms with Gasteiger partial charge in [0.2, 0.25) is 5.95 Å². The lowest BCUT2D eigenvalue weighted by molar-refractivity contribution is 0.956. The average molecular weight is 371 g/mol. The molecule has 0 fully saturated rings. The second-order valence-electron chi connectivity index (χ2n) is 6.79. The summed E-state index contributed by atoms with van der Waals surface area (Å²) in [6.07, 6.45) is 4.04. The molecule has 0 aliphatic heterocycles. The second kappa shape index (κ2) is 8.57. The lowest BCUT2D eigenvalue weighted by atomic mass is 10.1. The van der Waals surface area contributed by atoms with Crippen LogP contribution in [0, 0.1) is 0 Å². The summed E-state index contributed by atoms with van der Waals surface area (Å²) < 4.78 is 0. The van der Waals surface area contributed by atoms with Crippen LogP contribution in [-0.4, -0.2) is 28.0 Å². The normalized spacial score (nSPS) is 10.9. The van der Waals surface area contributed by atoms with Crippen molar-refractivity contribution in [3.8, 4) is 11.3 Å². The molecule has 0 aliphatic carbocycles. The Morgan fingerprint density at radius 2 is 1.71 bits per heavy atom. The molecule has 0 aliphatic rings. The maximum atomic E-state index is 4.72. The zero-order chi connectivity index (χ0) is 19.2. The highest BCUT2D eigenvalue weighted by atomic mass is 15.1. The van der Waals surface area contributed by atoms with E-state index in [2.05, 4.69) is 70.1 Å². The summed E-state index contributed by atoms with van der Waals surface area (Å²) in [5.41, 5.74) is 4.48. The Morgan fingerprint density at radius 3 is 2.57 bits per heavy atom. The van der Waals surface area contributed by atoms with Crippen LogP contribution >= 0.6 is 0 Å². The zero-order valence-corrected chi connectivity index (χ0v) is 16.1. The molecule has 28 heavy (non-hydrogen) atoms. The highest BCUT2D eigenvalue weighted by Crippen LogP contribution is 2.22. The van der Waals surface area contributed by atoms with Crippen molar-refractivity contribution >= 4 is 22.7 Å². The third-order valence-electron chi connectivity index (χ3n) is 4.70. The van der Waals surface area contributed by atoms with E-state index in [4.69, 9.17) is 4.98 Å². The summed E-state index contributed by atoms with van der Waals surface area (Å²) in [6.45, 7) is 3.81. The molecule has 0 unspecified atom stereocenters. The van der Waals surface area contributed by atoms with Gasteiger partial charge in [0.25, 0.3) is 0 Å². The van der Waals surface area contributed by atoms with Gasteiger partial charge in [-0.25, -0.2) is 4.98 Å². The standard InChI is InChI=1S/C23H25N5/c1-2-13-24-22-15-21(17-8-4-3-5-9-17)27-23(28-22)25-14-12-18-16-26-20-11-7-6-10-19(18)20/h3-11,15-16,26H,2,12-14H2,1H3,(H2,24,25,27,28). The third kappa shape index (κ3) is 4.14. The quantitative estimate of drug-likeness (QED) is 0.403. The van der Waals surface area contributed by atoms with Crippen LogP contribution < -0.4 is 10.6 Å². The van der Waals surface area contributed by atoms with Gasteiger partial charge in [-0.2, -0.15) is 4.98 Å². The number of para-hydroxylation sites is 1. The summed E-state index contributed by atoms with van der Waals surface area (Å²) >= 11 is 0. The Morgan fingerprint density at radius 1 is 0.893 bits per heavy atom. The minimum absolute atomic E-state index is 0.653. The molecule has 0 amide bonds. The van der Waals surface area contributed by atoms with Crippen LogP contribution in [0.25, 0.3) is 22.2 Å². The van der Waals surface area contributed by atoms with Gasteiger partial charge in [0, 0.05) is 41.8 Å². The smallest absolute Gasteiger partial charge is 0.225 e. The number of rotatable bonds is 8. The Hall–Kier alpha value is -3.34. The van der Waals surface area contributed by atoms with Crippen LogP contribution in [0.15, 0.2) is 66.9 Å². The van der Waals surface area contributed by atoms with Gasteiger partial charge in [-0.3, -0.25) is 0 Å². The van der Waals surface area contributed by atoms with Crippen molar-refractivity contribution in [2.24, 2.45) is 0 Å². The van der Waals surface area contributed by atoms with Crippen LogP contribution in [-0.2, 0) is 6.42 Å². The first-order valence-electron chi connectivity index (χ1n) is 9.80. The van der Waals surface area contributed by atoms with Gasteiger partial charge in [-0.05, 0) is 24.5 Å². The maximum absolute atomic E-state index is 4.72. The Labute approximate surface area is 165 Å². The van der Waals surface area contributed by atoms with Gasteiger partial charge >= 0.3 is 0 Å². The van der Waals surface area contributed by atoms with Crippen LogP contribution in [0.2, 0.25) is 0 Å². The van der Waals surface area contributed by atoms with E-state index in [0.717, 1.165) is 43.0 Å². The van der Waals surface area contributed by atoms with Crippen LogP contribution in [0.5, 0.6) is 0 Å². The fraction of sp³-hybridized carbons (Fsp3) is 0.217. The number of hydrogen-bond acceptors (Lipinski definition) is 4. The van der Waals surface area contributed by atoms with Gasteiger partial charge in [0.05, 0.1) is 5.69 Å². The molecule has 5 nitrogen and oxygen atoms in total. The van der Waals surface area contributed by atoms with Gasteiger partial charge in [0.15, 0.2) is 0 Å². The van der Waals surface area contributed by atoms with Crippen LogP contribution in [0.1, 0.15) is 18.9 Å². The molecule has 2 aromatic heterocycles. The molecule has 3 N–H and O–H groups in total. The molecule has 0 atom stereocenters. The van der Waals surface area contributed by atoms with E-state index < -0.39 is 0 Å². The van der Waals surface area contributed by atoms with E-state index in [0.29, 0.717) is 5.95 Å². The molecule has 0 saturated heterocycles. The number of H-pyrrole nitrogens is 1. The van der Waals surface area contributed by atoms with Crippen molar-refractivity contribution < 1.29 is 0 Å². The van der Waals surface area contributed by atoms with Crippen molar-refractivity contribution in [3.05, 3.63) is 72.4 Å². The van der Waals surface area contributed by atoms with Crippen molar-refractivity contribution in [3.63, 3.8) is 0 Å². The number of nitrogens with zero attached hydrogens (tertiary/aromatic N) is 2. The maximum Gasteiger partial charge on any atom is 0.225 e. The Bertz CT molecular complexity index is 1040. The molecule has 5 heteroatoms. The molecular formula is C23H25N5. The predicted molar refractivity (Wildman–Crippen MR) is 117 cm³/mol.